The van der Waals surface area contributed by atoms with E-state index in [9.17, 15) is 9.90 Å². The van der Waals surface area contributed by atoms with E-state index in [0.717, 1.165) is 61.1 Å². The largest absolute Gasteiger partial charge is 0.508 e. The van der Waals surface area contributed by atoms with Gasteiger partial charge in [-0.05, 0) is 75.4 Å². The summed E-state index contributed by atoms with van der Waals surface area (Å²) >= 11 is 0. The molecule has 1 aliphatic rings. The monoisotopic (exact) mass is 435 g/mol. The van der Waals surface area contributed by atoms with Gasteiger partial charge in [0.2, 0.25) is 0 Å². The Labute approximate surface area is 189 Å². The van der Waals surface area contributed by atoms with Crippen LogP contribution in [-0.2, 0) is 6.42 Å². The van der Waals surface area contributed by atoms with E-state index in [-0.39, 0.29) is 17.7 Å². The number of carbonyl (C=O) groups excluding carboxylic acids is 1. The smallest absolute Gasteiger partial charge is 0.253 e. The number of ether oxygens (including phenoxy) is 1. The molecule has 1 fully saturated rings. The molecule has 3 N–H and O–H groups in total. The van der Waals surface area contributed by atoms with E-state index >= 15 is 0 Å². The summed E-state index contributed by atoms with van der Waals surface area (Å²) in [5.41, 5.74) is 3.66. The Hall–Kier alpha value is -2.99. The Morgan fingerprint density at radius 1 is 1.22 bits per heavy atom. The molecule has 0 radical (unpaired) electrons. The number of likely N-dealkylation sites (tertiary alicyclic amines) is 1. The molecule has 1 aromatic heterocycles. The predicted molar refractivity (Wildman–Crippen MR) is 128 cm³/mol. The number of aromatic amines is 1. The van der Waals surface area contributed by atoms with Gasteiger partial charge in [-0.3, -0.25) is 4.79 Å². The standard InChI is InChI=1S/C26H33N3O3/c1-17(4-5-19-6-9-22(32-3)10-7-19)29-14-12-20(13-15-29)28-26(31)25-18(2)27-24-11-8-21(30)16-23(24)25/h6-11,16-17,20,27,30H,4-5,12-15H2,1-3H3,(H,28,31). The zero-order valence-corrected chi connectivity index (χ0v) is 19.1. The normalized spacial score (nSPS) is 16.2. The van der Waals surface area contributed by atoms with Gasteiger partial charge in [0.1, 0.15) is 11.5 Å². The molecule has 3 aromatic rings. The van der Waals surface area contributed by atoms with Crippen LogP contribution in [0.1, 0.15) is 47.8 Å². The van der Waals surface area contributed by atoms with Crippen molar-refractivity contribution in [1.29, 1.82) is 0 Å². The van der Waals surface area contributed by atoms with Crippen molar-refractivity contribution >= 4 is 16.8 Å². The summed E-state index contributed by atoms with van der Waals surface area (Å²) < 4.78 is 5.23. The average molecular weight is 436 g/mol. The molecule has 6 nitrogen and oxygen atoms in total. The first-order valence-electron chi connectivity index (χ1n) is 11.4. The maximum Gasteiger partial charge on any atom is 0.253 e. The lowest BCUT2D eigenvalue weighted by Gasteiger charge is -2.36. The summed E-state index contributed by atoms with van der Waals surface area (Å²) in [6.07, 6.45) is 4.06. The average Bonchev–Trinajstić information content (AvgIpc) is 3.13. The Morgan fingerprint density at radius 2 is 1.94 bits per heavy atom. The third kappa shape index (κ3) is 4.91. The number of benzene rings is 2. The van der Waals surface area contributed by atoms with Gasteiger partial charge in [-0.2, -0.15) is 0 Å². The van der Waals surface area contributed by atoms with Crippen molar-refractivity contribution in [3.05, 3.63) is 59.3 Å². The Kier molecular flexibility index (Phi) is 6.70. The van der Waals surface area contributed by atoms with Crippen molar-refractivity contribution in [2.75, 3.05) is 20.2 Å². The van der Waals surface area contributed by atoms with Crippen molar-refractivity contribution in [2.45, 2.75) is 51.6 Å². The van der Waals surface area contributed by atoms with Gasteiger partial charge in [-0.25, -0.2) is 0 Å². The molecular formula is C26H33N3O3. The number of nitrogens with one attached hydrogen (secondary N) is 2. The summed E-state index contributed by atoms with van der Waals surface area (Å²) in [4.78, 5) is 18.8. The van der Waals surface area contributed by atoms with Crippen LogP contribution in [0, 0.1) is 6.92 Å². The lowest BCUT2D eigenvalue weighted by Crippen LogP contribution is -2.47. The number of methoxy groups -OCH3 is 1. The van der Waals surface area contributed by atoms with Crippen LogP contribution in [0.25, 0.3) is 10.9 Å². The van der Waals surface area contributed by atoms with Gasteiger partial charge in [0.15, 0.2) is 0 Å². The third-order valence-corrected chi connectivity index (χ3v) is 6.69. The van der Waals surface area contributed by atoms with E-state index in [1.54, 1.807) is 25.3 Å². The number of phenols is 1. The topological polar surface area (TPSA) is 77.6 Å². The Morgan fingerprint density at radius 3 is 2.62 bits per heavy atom. The van der Waals surface area contributed by atoms with E-state index in [1.165, 1.54) is 5.56 Å². The second kappa shape index (κ2) is 9.65. The first kappa shape index (κ1) is 22.2. The number of aromatic nitrogens is 1. The fraction of sp³-hybridized carbons (Fsp3) is 0.423. The van der Waals surface area contributed by atoms with E-state index < -0.39 is 0 Å². The van der Waals surface area contributed by atoms with Crippen LogP contribution in [0.3, 0.4) is 0 Å². The van der Waals surface area contributed by atoms with E-state index in [1.807, 2.05) is 19.1 Å². The van der Waals surface area contributed by atoms with Crippen molar-refractivity contribution in [3.63, 3.8) is 0 Å². The van der Waals surface area contributed by atoms with Gasteiger partial charge in [0.25, 0.3) is 5.91 Å². The van der Waals surface area contributed by atoms with E-state index in [0.29, 0.717) is 11.6 Å². The van der Waals surface area contributed by atoms with Crippen LogP contribution < -0.4 is 10.1 Å². The van der Waals surface area contributed by atoms with Crippen LogP contribution in [0.5, 0.6) is 11.5 Å². The predicted octanol–water partition coefficient (Wildman–Crippen LogP) is 4.41. The number of hydrogen-bond acceptors (Lipinski definition) is 4. The molecule has 2 aromatic carbocycles. The molecule has 6 heteroatoms. The number of nitrogens with zero attached hydrogens (tertiary/aromatic N) is 1. The first-order chi connectivity index (χ1) is 15.4. The molecule has 2 heterocycles. The Balaban J connectivity index is 1.28. The van der Waals surface area contributed by atoms with Gasteiger partial charge >= 0.3 is 0 Å². The zero-order valence-electron chi connectivity index (χ0n) is 19.1. The van der Waals surface area contributed by atoms with Crippen molar-refractivity contribution in [3.8, 4) is 11.5 Å². The minimum Gasteiger partial charge on any atom is -0.508 e. The highest BCUT2D eigenvalue weighted by molar-refractivity contribution is 6.08. The van der Waals surface area contributed by atoms with Crippen LogP contribution in [0.15, 0.2) is 42.5 Å². The molecule has 32 heavy (non-hydrogen) atoms. The van der Waals surface area contributed by atoms with Gasteiger partial charge in [-0.1, -0.05) is 12.1 Å². The van der Waals surface area contributed by atoms with Crippen LogP contribution in [0.2, 0.25) is 0 Å². The molecule has 1 atom stereocenters. The third-order valence-electron chi connectivity index (χ3n) is 6.69. The minimum absolute atomic E-state index is 0.0645. The first-order valence-corrected chi connectivity index (χ1v) is 11.4. The maximum absolute atomic E-state index is 13.0. The number of aromatic hydroxyl groups is 1. The Bertz CT molecular complexity index is 1070. The minimum atomic E-state index is -0.0645. The molecule has 0 bridgehead atoms. The highest BCUT2D eigenvalue weighted by Gasteiger charge is 2.25. The fourth-order valence-corrected chi connectivity index (χ4v) is 4.70. The van der Waals surface area contributed by atoms with Gasteiger partial charge in [0, 0.05) is 41.8 Å². The molecule has 0 spiro atoms. The van der Waals surface area contributed by atoms with Crippen molar-refractivity contribution in [1.82, 2.24) is 15.2 Å². The summed E-state index contributed by atoms with van der Waals surface area (Å²) in [5, 5.41) is 13.8. The number of carbonyl (C=O) groups is 1. The number of rotatable bonds is 7. The van der Waals surface area contributed by atoms with Crippen LogP contribution in [-0.4, -0.2) is 53.2 Å². The van der Waals surface area contributed by atoms with Crippen LogP contribution in [0.4, 0.5) is 0 Å². The second-order valence-electron chi connectivity index (χ2n) is 8.87. The molecule has 1 unspecified atom stereocenters. The van der Waals surface area contributed by atoms with E-state index in [2.05, 4.69) is 34.3 Å². The quantitative estimate of drug-likeness (QED) is 0.514. The molecule has 1 saturated heterocycles. The number of hydrogen-bond donors (Lipinski definition) is 3. The summed E-state index contributed by atoms with van der Waals surface area (Å²) in [6, 6.07) is 14.1. The van der Waals surface area contributed by atoms with Crippen LogP contribution >= 0.6 is 0 Å². The van der Waals surface area contributed by atoms with Crippen molar-refractivity contribution in [2.24, 2.45) is 0 Å². The molecule has 0 aliphatic carbocycles. The van der Waals surface area contributed by atoms with Gasteiger partial charge in [0.05, 0.1) is 12.7 Å². The zero-order chi connectivity index (χ0) is 22.7. The highest BCUT2D eigenvalue weighted by atomic mass is 16.5. The van der Waals surface area contributed by atoms with E-state index in [4.69, 9.17) is 4.74 Å². The SMILES string of the molecule is COc1ccc(CCC(C)N2CCC(NC(=O)c3c(C)[nH]c4ccc(O)cc34)CC2)cc1. The number of phenolic OH excluding ortho intramolecular Hbond substituents is 1. The summed E-state index contributed by atoms with van der Waals surface area (Å²) in [7, 11) is 1.69. The summed E-state index contributed by atoms with van der Waals surface area (Å²) in [6.45, 7) is 6.17. The number of fused-ring (bicyclic) bond motifs is 1. The fourth-order valence-electron chi connectivity index (χ4n) is 4.70. The number of amides is 1. The number of H-pyrrole nitrogens is 1. The molecule has 170 valence electrons. The van der Waals surface area contributed by atoms with Gasteiger partial charge < -0.3 is 25.0 Å². The highest BCUT2D eigenvalue weighted by Crippen LogP contribution is 2.26. The summed E-state index contributed by atoms with van der Waals surface area (Å²) in [5.74, 6) is 0.999. The molecule has 1 aliphatic heterocycles. The second-order valence-corrected chi connectivity index (χ2v) is 8.87. The van der Waals surface area contributed by atoms with Crippen molar-refractivity contribution < 1.29 is 14.6 Å². The lowest BCUT2D eigenvalue weighted by atomic mass is 9.99. The maximum atomic E-state index is 13.0. The number of aryl methyl sites for hydroxylation is 2. The molecule has 4 rings (SSSR count). The van der Waals surface area contributed by atoms with Gasteiger partial charge in [-0.15, -0.1) is 0 Å². The lowest BCUT2D eigenvalue weighted by molar-refractivity contribution is 0.0894. The molecule has 1 amide bonds. The molecular weight excluding hydrogens is 402 g/mol. The number of piperidine rings is 1. The molecule has 0 saturated carbocycles.